The molecule has 0 spiro atoms. The van der Waals surface area contributed by atoms with Crippen LogP contribution in [-0.2, 0) is 6.42 Å². The number of hydrogen-bond donors (Lipinski definition) is 0. The Morgan fingerprint density at radius 3 is 2.12 bits per heavy atom. The van der Waals surface area contributed by atoms with Gasteiger partial charge in [-0.1, -0.05) is 96.2 Å². The molecule has 4 nitrogen and oxygen atoms in total. The maximum absolute atomic E-state index is 4.96. The lowest BCUT2D eigenvalue weighted by atomic mass is 9.92. The molecule has 0 saturated heterocycles. The third kappa shape index (κ3) is 5.28. The van der Waals surface area contributed by atoms with Crippen molar-refractivity contribution in [3.05, 3.63) is 70.0 Å². The summed E-state index contributed by atoms with van der Waals surface area (Å²) in [5, 5.41) is 12.1. The molecule has 2 heterocycles. The van der Waals surface area contributed by atoms with Crippen LogP contribution in [0.2, 0.25) is 0 Å². The van der Waals surface area contributed by atoms with Crippen molar-refractivity contribution in [1.29, 1.82) is 0 Å². The molecule has 0 radical (unpaired) electrons. The van der Waals surface area contributed by atoms with Crippen molar-refractivity contribution in [2.24, 2.45) is 0 Å². The van der Waals surface area contributed by atoms with E-state index in [4.69, 9.17) is 9.36 Å². The third-order valence-electron chi connectivity index (χ3n) is 6.14. The molecule has 0 amide bonds. The van der Waals surface area contributed by atoms with Gasteiger partial charge in [0.2, 0.25) is 0 Å². The van der Waals surface area contributed by atoms with Crippen molar-refractivity contribution < 1.29 is 0 Å². The Bertz CT molecular complexity index is 1250. The van der Waals surface area contributed by atoms with E-state index < -0.39 is 0 Å². The summed E-state index contributed by atoms with van der Waals surface area (Å²) in [5.41, 5.74) is 6.34. The first-order chi connectivity index (χ1) is 16.2. The highest BCUT2D eigenvalue weighted by Crippen LogP contribution is 2.36. The van der Waals surface area contributed by atoms with Crippen LogP contribution < -0.4 is 0 Å². The lowest BCUT2D eigenvalue weighted by molar-refractivity contribution is 0.713. The van der Waals surface area contributed by atoms with E-state index in [1.54, 1.807) is 11.3 Å². The number of rotatable bonds is 8. The van der Waals surface area contributed by atoms with Gasteiger partial charge in [0.25, 0.3) is 0 Å². The van der Waals surface area contributed by atoms with Gasteiger partial charge in [-0.3, -0.25) is 0 Å². The van der Waals surface area contributed by atoms with Gasteiger partial charge in [0.1, 0.15) is 20.8 Å². The molecular formula is C28H34N4S2. The summed E-state index contributed by atoms with van der Waals surface area (Å²) in [7, 11) is 0. The van der Waals surface area contributed by atoms with Crippen molar-refractivity contribution in [1.82, 2.24) is 19.6 Å². The highest BCUT2D eigenvalue weighted by Gasteiger charge is 2.19. The Kier molecular flexibility index (Phi) is 7.58. The fraction of sp³-hybridized carbons (Fsp3) is 0.429. The molecule has 0 N–H and O–H groups in total. The smallest absolute Gasteiger partial charge is 0.148 e. The topological polar surface area (TPSA) is 51.6 Å². The number of hydrogen-bond acceptors (Lipinski definition) is 6. The highest BCUT2D eigenvalue weighted by atomic mass is 32.1. The third-order valence-corrected chi connectivity index (χ3v) is 8.16. The average Bonchev–Trinajstić information content (AvgIpc) is 3.49. The molecule has 1 unspecified atom stereocenters. The van der Waals surface area contributed by atoms with Crippen LogP contribution in [0.5, 0.6) is 0 Å². The Morgan fingerprint density at radius 1 is 0.735 bits per heavy atom. The number of benzene rings is 2. The molecule has 0 saturated carbocycles. The minimum atomic E-state index is 0.231. The van der Waals surface area contributed by atoms with Crippen LogP contribution in [-0.4, -0.2) is 19.6 Å². The number of nitrogens with zero attached hydrogens (tertiary/aromatic N) is 4. The summed E-state index contributed by atoms with van der Waals surface area (Å²) in [6.07, 6.45) is 0.892. The van der Waals surface area contributed by atoms with Gasteiger partial charge in [0, 0.05) is 23.0 Å². The van der Waals surface area contributed by atoms with Gasteiger partial charge in [-0.2, -0.15) is 4.37 Å². The minimum Gasteiger partial charge on any atom is -0.219 e. The van der Waals surface area contributed by atoms with Gasteiger partial charge in [-0.25, -0.2) is 4.98 Å². The second kappa shape index (κ2) is 10.4. The van der Waals surface area contributed by atoms with Gasteiger partial charge in [-0.05, 0) is 52.5 Å². The minimum absolute atomic E-state index is 0.231. The van der Waals surface area contributed by atoms with Crippen LogP contribution in [0.3, 0.4) is 0 Å². The molecule has 0 fully saturated rings. The van der Waals surface area contributed by atoms with E-state index in [-0.39, 0.29) is 5.92 Å². The fourth-order valence-electron chi connectivity index (χ4n) is 4.18. The fourth-order valence-corrected chi connectivity index (χ4v) is 5.88. The molecule has 4 aromatic rings. The van der Waals surface area contributed by atoms with E-state index in [1.807, 2.05) is 0 Å². The monoisotopic (exact) mass is 490 g/mol. The van der Waals surface area contributed by atoms with Crippen molar-refractivity contribution in [3.63, 3.8) is 0 Å². The Labute approximate surface area is 211 Å². The summed E-state index contributed by atoms with van der Waals surface area (Å²) in [6.45, 7) is 15.5. The molecule has 0 aliphatic carbocycles. The molecule has 34 heavy (non-hydrogen) atoms. The van der Waals surface area contributed by atoms with E-state index in [0.717, 1.165) is 27.3 Å². The van der Waals surface area contributed by atoms with Crippen LogP contribution in [0.25, 0.3) is 21.1 Å². The van der Waals surface area contributed by atoms with Crippen molar-refractivity contribution in [2.75, 3.05) is 0 Å². The Balaban J connectivity index is 1.60. The quantitative estimate of drug-likeness (QED) is 0.249. The molecule has 6 heteroatoms. The zero-order valence-electron chi connectivity index (χ0n) is 21.2. The molecule has 178 valence electrons. The largest absolute Gasteiger partial charge is 0.219 e. The highest BCUT2D eigenvalue weighted by molar-refractivity contribution is 7.14. The second-order valence-electron chi connectivity index (χ2n) is 9.98. The molecular weight excluding hydrogens is 456 g/mol. The Hall–Kier alpha value is -2.44. The second-order valence-corrected chi connectivity index (χ2v) is 11.7. The summed E-state index contributed by atoms with van der Waals surface area (Å²) in [4.78, 5) is 4.96. The van der Waals surface area contributed by atoms with Crippen molar-refractivity contribution in [2.45, 2.75) is 78.6 Å². The first-order valence-electron chi connectivity index (χ1n) is 12.1. The van der Waals surface area contributed by atoms with Crippen LogP contribution >= 0.6 is 22.9 Å². The average molecular weight is 491 g/mol. The van der Waals surface area contributed by atoms with E-state index in [9.17, 15) is 0 Å². The van der Waals surface area contributed by atoms with Crippen molar-refractivity contribution in [3.8, 4) is 21.1 Å². The zero-order valence-corrected chi connectivity index (χ0v) is 22.8. The zero-order chi connectivity index (χ0) is 24.4. The summed E-state index contributed by atoms with van der Waals surface area (Å²) in [6, 6.07) is 15.4. The Morgan fingerprint density at radius 2 is 1.44 bits per heavy atom. The first kappa shape index (κ1) is 24.7. The summed E-state index contributed by atoms with van der Waals surface area (Å²) < 4.78 is 4.75. The van der Waals surface area contributed by atoms with Gasteiger partial charge in [-0.15, -0.1) is 10.2 Å². The normalized spacial score (nSPS) is 12.8. The molecule has 1 atom stereocenters. The van der Waals surface area contributed by atoms with Crippen LogP contribution in [0, 0.1) is 0 Å². The van der Waals surface area contributed by atoms with Gasteiger partial charge >= 0.3 is 0 Å². The van der Waals surface area contributed by atoms with Gasteiger partial charge in [0.05, 0.1) is 0 Å². The van der Waals surface area contributed by atoms with Crippen LogP contribution in [0.1, 0.15) is 99.7 Å². The predicted octanol–water partition coefficient (Wildman–Crippen LogP) is 8.44. The van der Waals surface area contributed by atoms with E-state index >= 15 is 0 Å². The maximum atomic E-state index is 4.96. The van der Waals surface area contributed by atoms with Crippen molar-refractivity contribution >= 4 is 22.9 Å². The molecule has 4 rings (SSSR count). The van der Waals surface area contributed by atoms with Gasteiger partial charge in [0.15, 0.2) is 0 Å². The summed E-state index contributed by atoms with van der Waals surface area (Å²) >= 11 is 3.22. The number of aromatic nitrogens is 4. The van der Waals surface area contributed by atoms with E-state index in [2.05, 4.69) is 101 Å². The molecule has 2 aromatic carbocycles. The van der Waals surface area contributed by atoms with E-state index in [1.165, 1.54) is 39.3 Å². The lowest BCUT2D eigenvalue weighted by Crippen LogP contribution is -2.02. The predicted molar refractivity (Wildman–Crippen MR) is 145 cm³/mol. The van der Waals surface area contributed by atoms with Gasteiger partial charge < -0.3 is 0 Å². The summed E-state index contributed by atoms with van der Waals surface area (Å²) in [5.74, 6) is 2.43. The standard InChI is InChI=1S/C28H34N4S2/c1-16(2)21-10-8-9-11-23(21)27-29-25(32-34-27)19(7)14-20-12-13-22(17(3)4)24(15-20)28-31-30-26(33-28)18(5)6/h8-13,15-19H,14H2,1-7H3. The van der Waals surface area contributed by atoms with Crippen LogP contribution in [0.4, 0.5) is 0 Å². The van der Waals surface area contributed by atoms with E-state index in [0.29, 0.717) is 17.8 Å². The molecule has 0 aliphatic heterocycles. The lowest BCUT2D eigenvalue weighted by Gasteiger charge is -2.14. The molecule has 0 aliphatic rings. The molecule has 2 aromatic heterocycles. The SMILES string of the molecule is CC(C)c1nnc(-c2cc(CC(C)c3nsc(-c4ccccc4C(C)C)n3)ccc2C(C)C)s1. The first-order valence-corrected chi connectivity index (χ1v) is 13.7. The molecule has 0 bridgehead atoms. The maximum Gasteiger partial charge on any atom is 0.148 e. The van der Waals surface area contributed by atoms with Crippen LogP contribution in [0.15, 0.2) is 42.5 Å².